The molecule has 0 saturated heterocycles. The smallest absolute Gasteiger partial charge is 0.110 e. The second kappa shape index (κ2) is 3.82. The van der Waals surface area contributed by atoms with E-state index in [0.29, 0.717) is 4.88 Å². The fourth-order valence-electron chi connectivity index (χ4n) is 1.26. The van der Waals surface area contributed by atoms with E-state index in [1.165, 1.54) is 11.3 Å². The maximum atomic E-state index is 8.77. The molecule has 14 heavy (non-hydrogen) atoms. The second-order valence-corrected chi connectivity index (χ2v) is 5.09. The van der Waals surface area contributed by atoms with Crippen molar-refractivity contribution >= 4 is 44.8 Å². The zero-order valence-corrected chi connectivity index (χ0v) is 9.76. The van der Waals surface area contributed by atoms with Crippen LogP contribution in [0.1, 0.15) is 4.88 Å². The Morgan fingerprint density at radius 1 is 1.43 bits per heavy atom. The molecule has 0 aliphatic rings. The van der Waals surface area contributed by atoms with E-state index in [1.54, 1.807) is 11.8 Å². The molecule has 1 aromatic heterocycles. The summed E-state index contributed by atoms with van der Waals surface area (Å²) in [6.07, 6.45) is 2.01. The van der Waals surface area contributed by atoms with Crippen molar-refractivity contribution in [2.24, 2.45) is 0 Å². The number of benzene rings is 1. The Kier molecular flexibility index (Phi) is 2.69. The molecule has 1 nitrogen and oxygen atoms in total. The van der Waals surface area contributed by atoms with Gasteiger partial charge in [-0.1, -0.05) is 11.6 Å². The molecule has 2 rings (SSSR count). The van der Waals surface area contributed by atoms with Crippen molar-refractivity contribution in [3.05, 3.63) is 28.1 Å². The average Bonchev–Trinajstić information content (AvgIpc) is 2.61. The summed E-state index contributed by atoms with van der Waals surface area (Å²) in [5.41, 5.74) is 0. The van der Waals surface area contributed by atoms with Crippen molar-refractivity contribution in [1.82, 2.24) is 0 Å². The van der Waals surface area contributed by atoms with Gasteiger partial charge in [-0.2, -0.15) is 5.26 Å². The molecule has 0 bridgehead atoms. The summed E-state index contributed by atoms with van der Waals surface area (Å²) in [4.78, 5) is 1.84. The van der Waals surface area contributed by atoms with Crippen LogP contribution in [0.3, 0.4) is 0 Å². The Balaban J connectivity index is 2.75. The first kappa shape index (κ1) is 9.85. The largest absolute Gasteiger partial charge is 0.192 e. The predicted molar refractivity (Wildman–Crippen MR) is 63.3 cm³/mol. The number of halogens is 1. The van der Waals surface area contributed by atoms with E-state index in [9.17, 15) is 0 Å². The molecule has 0 unspecified atom stereocenters. The number of thiophene rings is 1. The lowest BCUT2D eigenvalue weighted by Crippen LogP contribution is -1.70. The second-order valence-electron chi connectivity index (χ2n) is 2.75. The number of nitrogens with zero attached hydrogens (tertiary/aromatic N) is 1. The lowest BCUT2D eigenvalue weighted by atomic mass is 10.2. The number of nitriles is 1. The van der Waals surface area contributed by atoms with Crippen molar-refractivity contribution in [2.45, 2.75) is 4.90 Å². The number of thioether (sulfide) groups is 1. The van der Waals surface area contributed by atoms with Crippen LogP contribution in [-0.4, -0.2) is 6.26 Å². The molecule has 0 amide bonds. The molecular formula is C10H6ClNS2. The minimum absolute atomic E-state index is 0.708. The van der Waals surface area contributed by atoms with Crippen molar-refractivity contribution < 1.29 is 0 Å². The maximum Gasteiger partial charge on any atom is 0.110 e. The van der Waals surface area contributed by atoms with E-state index in [-0.39, 0.29) is 0 Å². The van der Waals surface area contributed by atoms with Gasteiger partial charge in [0.1, 0.15) is 10.9 Å². The summed E-state index contributed by atoms with van der Waals surface area (Å²) in [5.74, 6) is 0. The molecule has 0 fully saturated rings. The highest BCUT2D eigenvalue weighted by Gasteiger charge is 2.06. The van der Waals surface area contributed by atoms with Gasteiger partial charge >= 0.3 is 0 Å². The lowest BCUT2D eigenvalue weighted by Gasteiger charge is -1.98. The van der Waals surface area contributed by atoms with Crippen molar-refractivity contribution in [3.8, 4) is 6.07 Å². The SMILES string of the molecule is CSc1cc(Cl)c2sc(C#N)cc2c1. The van der Waals surface area contributed by atoms with Gasteiger partial charge in [-0.15, -0.1) is 23.1 Å². The summed E-state index contributed by atoms with van der Waals surface area (Å²) in [6, 6.07) is 8.01. The molecule has 0 N–H and O–H groups in total. The van der Waals surface area contributed by atoms with Gasteiger partial charge in [-0.05, 0) is 29.8 Å². The molecule has 1 aromatic carbocycles. The monoisotopic (exact) mass is 239 g/mol. The van der Waals surface area contributed by atoms with E-state index in [4.69, 9.17) is 16.9 Å². The molecular weight excluding hydrogens is 234 g/mol. The van der Waals surface area contributed by atoms with E-state index in [0.717, 1.165) is 20.0 Å². The summed E-state index contributed by atoms with van der Waals surface area (Å²) in [6.45, 7) is 0. The zero-order valence-electron chi connectivity index (χ0n) is 7.37. The Morgan fingerprint density at radius 3 is 2.86 bits per heavy atom. The van der Waals surface area contributed by atoms with Crippen LogP contribution in [0.2, 0.25) is 5.02 Å². The predicted octanol–water partition coefficient (Wildman–Crippen LogP) is 4.15. The third kappa shape index (κ3) is 1.61. The molecule has 1 heterocycles. The molecule has 70 valence electrons. The quantitative estimate of drug-likeness (QED) is 0.698. The van der Waals surface area contributed by atoms with Crippen LogP contribution in [0.4, 0.5) is 0 Å². The van der Waals surface area contributed by atoms with Gasteiger partial charge in [0.2, 0.25) is 0 Å². The van der Waals surface area contributed by atoms with E-state index >= 15 is 0 Å². The highest BCUT2D eigenvalue weighted by molar-refractivity contribution is 7.98. The van der Waals surface area contributed by atoms with Gasteiger partial charge in [-0.3, -0.25) is 0 Å². The van der Waals surface area contributed by atoms with Crippen LogP contribution < -0.4 is 0 Å². The first-order chi connectivity index (χ1) is 6.74. The Bertz CT molecular complexity index is 525. The fourth-order valence-corrected chi connectivity index (χ4v) is 2.99. The van der Waals surface area contributed by atoms with Crippen molar-refractivity contribution in [1.29, 1.82) is 5.26 Å². The van der Waals surface area contributed by atoms with Gasteiger partial charge in [0, 0.05) is 4.90 Å². The van der Waals surface area contributed by atoms with Gasteiger partial charge in [0.05, 0.1) is 9.72 Å². The first-order valence-corrected chi connectivity index (χ1v) is 6.33. The number of rotatable bonds is 1. The van der Waals surface area contributed by atoms with Gasteiger partial charge in [0.15, 0.2) is 0 Å². The number of hydrogen-bond acceptors (Lipinski definition) is 3. The van der Waals surface area contributed by atoms with E-state index in [1.807, 2.05) is 18.4 Å². The molecule has 0 radical (unpaired) electrons. The van der Waals surface area contributed by atoms with Crippen LogP contribution in [-0.2, 0) is 0 Å². The third-order valence-corrected chi connectivity index (χ3v) is 4.10. The van der Waals surface area contributed by atoms with Crippen LogP contribution in [0.5, 0.6) is 0 Å². The molecule has 0 saturated carbocycles. The topological polar surface area (TPSA) is 23.8 Å². The molecule has 0 spiro atoms. The molecule has 0 aliphatic carbocycles. The van der Waals surface area contributed by atoms with Crippen molar-refractivity contribution in [2.75, 3.05) is 6.26 Å². The van der Waals surface area contributed by atoms with Gasteiger partial charge < -0.3 is 0 Å². The van der Waals surface area contributed by atoms with Crippen LogP contribution in [0, 0.1) is 11.3 Å². The molecule has 2 aromatic rings. The standard InChI is InChI=1S/C10H6ClNS2/c1-13-7-2-6-3-8(5-12)14-10(6)9(11)4-7/h2-4H,1H3. The molecule has 4 heteroatoms. The first-order valence-electron chi connectivity index (χ1n) is 3.92. The van der Waals surface area contributed by atoms with Crippen LogP contribution in [0.15, 0.2) is 23.1 Å². The Labute approximate surface area is 95.3 Å². The highest BCUT2D eigenvalue weighted by atomic mass is 35.5. The zero-order chi connectivity index (χ0) is 10.1. The summed E-state index contributed by atoms with van der Waals surface area (Å²) < 4.78 is 1.00. The maximum absolute atomic E-state index is 8.77. The van der Waals surface area contributed by atoms with E-state index in [2.05, 4.69) is 12.1 Å². The molecule has 0 atom stereocenters. The van der Waals surface area contributed by atoms with Crippen LogP contribution in [0.25, 0.3) is 10.1 Å². The van der Waals surface area contributed by atoms with Gasteiger partial charge in [-0.25, -0.2) is 0 Å². The summed E-state index contributed by atoms with van der Waals surface area (Å²) in [5, 5.41) is 10.6. The Morgan fingerprint density at radius 2 is 2.21 bits per heavy atom. The third-order valence-electron chi connectivity index (χ3n) is 1.89. The number of hydrogen-bond donors (Lipinski definition) is 0. The van der Waals surface area contributed by atoms with Crippen LogP contribution >= 0.6 is 34.7 Å². The fraction of sp³-hybridized carbons (Fsp3) is 0.100. The Hall–Kier alpha value is -0.690. The number of fused-ring (bicyclic) bond motifs is 1. The minimum atomic E-state index is 0.708. The lowest BCUT2D eigenvalue weighted by molar-refractivity contribution is 1.52. The highest BCUT2D eigenvalue weighted by Crippen LogP contribution is 2.34. The molecule has 0 aliphatic heterocycles. The minimum Gasteiger partial charge on any atom is -0.192 e. The summed E-state index contributed by atoms with van der Waals surface area (Å²) >= 11 is 9.19. The summed E-state index contributed by atoms with van der Waals surface area (Å²) in [7, 11) is 0. The van der Waals surface area contributed by atoms with Crippen molar-refractivity contribution in [3.63, 3.8) is 0 Å². The van der Waals surface area contributed by atoms with E-state index < -0.39 is 0 Å². The normalized spacial score (nSPS) is 10.4. The van der Waals surface area contributed by atoms with Gasteiger partial charge in [0.25, 0.3) is 0 Å². The average molecular weight is 240 g/mol.